The average Bonchev–Trinajstić information content (AvgIpc) is 3.49. The Bertz CT molecular complexity index is 2340. The summed E-state index contributed by atoms with van der Waals surface area (Å²) in [6, 6.07) is 54.4. The van der Waals surface area contributed by atoms with Crippen LogP contribution in [0.1, 0.15) is 5.56 Å². The molecule has 4 heteroatoms. The zero-order valence-corrected chi connectivity index (χ0v) is 25.1. The topological polar surface area (TPSA) is 38.0 Å². The quantitative estimate of drug-likeness (QED) is 0.164. The molecule has 0 aliphatic rings. The van der Waals surface area contributed by atoms with Crippen molar-refractivity contribution >= 4 is 62.2 Å². The Morgan fingerprint density at radius 2 is 1.22 bits per heavy atom. The van der Waals surface area contributed by atoms with Crippen LogP contribution in [0.3, 0.4) is 0 Å². The van der Waals surface area contributed by atoms with Gasteiger partial charge in [0, 0.05) is 39.3 Å². The summed E-state index contributed by atoms with van der Waals surface area (Å²) in [6.45, 7) is 4.27. The average molecular weight is 595 g/mol. The third-order valence-corrected chi connectivity index (χ3v) is 8.42. The maximum absolute atomic E-state index is 6.47. The molecule has 0 aliphatic carbocycles. The van der Waals surface area contributed by atoms with E-state index in [2.05, 4.69) is 126 Å². The lowest BCUT2D eigenvalue weighted by Crippen LogP contribution is -2.10. The molecule has 0 aliphatic heterocycles. The van der Waals surface area contributed by atoms with Gasteiger partial charge in [-0.25, -0.2) is 0 Å². The molecule has 8 rings (SSSR count). The highest BCUT2D eigenvalue weighted by atomic mass is 16.5. The van der Waals surface area contributed by atoms with Gasteiger partial charge in [-0.2, -0.15) is 0 Å². The fraction of sp³-hybridized carbons (Fsp3) is 0.0238. The number of hydrogen-bond acceptors (Lipinski definition) is 4. The maximum Gasteiger partial charge on any atom is 0.153 e. The second kappa shape index (κ2) is 11.8. The first-order valence-corrected chi connectivity index (χ1v) is 15.3. The summed E-state index contributed by atoms with van der Waals surface area (Å²) < 4.78 is 12.8. The molecule has 0 spiro atoms. The van der Waals surface area contributed by atoms with Gasteiger partial charge in [0.2, 0.25) is 0 Å². The molecule has 46 heavy (non-hydrogen) atoms. The zero-order chi connectivity index (χ0) is 30.9. The summed E-state index contributed by atoms with van der Waals surface area (Å²) in [5, 5.41) is 4.23. The van der Waals surface area contributed by atoms with E-state index in [-0.39, 0.29) is 0 Å². The van der Waals surface area contributed by atoms with Gasteiger partial charge >= 0.3 is 0 Å². The van der Waals surface area contributed by atoms with E-state index in [9.17, 15) is 0 Å². The normalized spacial score (nSPS) is 11.2. The first-order chi connectivity index (χ1) is 22.7. The molecule has 220 valence electrons. The highest BCUT2D eigenvalue weighted by Gasteiger charge is 2.18. The summed E-state index contributed by atoms with van der Waals surface area (Å²) >= 11 is 0. The molecule has 0 saturated heterocycles. The van der Waals surface area contributed by atoms with Crippen LogP contribution in [0.25, 0.3) is 43.8 Å². The Labute approximate surface area is 267 Å². The molecule has 0 amide bonds. The van der Waals surface area contributed by atoms with Gasteiger partial charge in [0.15, 0.2) is 5.75 Å². The smallest absolute Gasteiger partial charge is 0.153 e. The lowest BCUT2D eigenvalue weighted by Gasteiger charge is -2.26. The minimum Gasteiger partial charge on any atom is -0.486 e. The molecule has 7 aromatic carbocycles. The van der Waals surface area contributed by atoms with Crippen LogP contribution in [0.4, 0.5) is 22.7 Å². The van der Waals surface area contributed by atoms with Crippen LogP contribution >= 0.6 is 0 Å². The molecule has 1 heterocycles. The number of benzene rings is 7. The Morgan fingerprint density at radius 3 is 2.07 bits per heavy atom. The summed E-state index contributed by atoms with van der Waals surface area (Å²) in [7, 11) is 0. The van der Waals surface area contributed by atoms with Crippen LogP contribution in [-0.2, 0) is 6.61 Å². The van der Waals surface area contributed by atoms with Crippen LogP contribution in [-0.4, -0.2) is 6.72 Å². The van der Waals surface area contributed by atoms with Crippen molar-refractivity contribution in [2.45, 2.75) is 6.61 Å². The molecule has 8 aromatic rings. The van der Waals surface area contributed by atoms with Gasteiger partial charge in [-0.1, -0.05) is 103 Å². The molecule has 0 unspecified atom stereocenters. The number of aliphatic imine (C=N–C) groups is 1. The highest BCUT2D eigenvalue weighted by Crippen LogP contribution is 2.43. The van der Waals surface area contributed by atoms with E-state index in [4.69, 9.17) is 9.15 Å². The SMILES string of the molecule is C=Nc1ccc2ccc(N(c3cccc(-c4ccccc4)c3)c3ccc4c(c3)oc3ccccc34)cc2c1OCc1ccccc1. The number of hydrogen-bond donors (Lipinski definition) is 0. The van der Waals surface area contributed by atoms with Gasteiger partial charge in [-0.05, 0) is 77.3 Å². The van der Waals surface area contributed by atoms with Crippen molar-refractivity contribution in [3.63, 3.8) is 0 Å². The first-order valence-electron chi connectivity index (χ1n) is 15.3. The zero-order valence-electron chi connectivity index (χ0n) is 25.1. The minimum absolute atomic E-state index is 0.429. The van der Waals surface area contributed by atoms with Gasteiger partial charge in [0.05, 0.1) is 0 Å². The van der Waals surface area contributed by atoms with Gasteiger partial charge < -0.3 is 14.1 Å². The van der Waals surface area contributed by atoms with Gasteiger partial charge in [-0.15, -0.1) is 0 Å². The first kappa shape index (κ1) is 27.4. The minimum atomic E-state index is 0.429. The second-order valence-electron chi connectivity index (χ2n) is 11.3. The number of fused-ring (bicyclic) bond motifs is 4. The third-order valence-electron chi connectivity index (χ3n) is 8.42. The third kappa shape index (κ3) is 5.06. The summed E-state index contributed by atoms with van der Waals surface area (Å²) in [5.41, 5.74) is 8.82. The molecule has 4 nitrogen and oxygen atoms in total. The lowest BCUT2D eigenvalue weighted by molar-refractivity contribution is 0.311. The van der Waals surface area contributed by atoms with E-state index in [1.807, 2.05) is 48.5 Å². The van der Waals surface area contributed by atoms with Crippen LogP contribution in [0.15, 0.2) is 167 Å². The maximum atomic E-state index is 6.47. The fourth-order valence-corrected chi connectivity index (χ4v) is 6.17. The molecule has 0 atom stereocenters. The molecule has 0 fully saturated rings. The standard InChI is InChI=1S/C42H30N2O2/c1-43-39-24-20-31-19-21-34(26-38(31)42(39)45-28-29-11-4-2-5-12-29)44(33-16-10-15-32(25-33)30-13-6-3-7-14-30)35-22-23-37-36-17-8-9-18-40(36)46-41(37)27-35/h2-27H,1,28H2. The van der Waals surface area contributed by atoms with Crippen molar-refractivity contribution in [2.24, 2.45) is 4.99 Å². The summed E-state index contributed by atoms with van der Waals surface area (Å²) in [4.78, 5) is 6.59. The van der Waals surface area contributed by atoms with Crippen molar-refractivity contribution in [3.05, 3.63) is 163 Å². The number of rotatable bonds is 8. The van der Waals surface area contributed by atoms with Crippen molar-refractivity contribution in [1.82, 2.24) is 0 Å². The van der Waals surface area contributed by atoms with E-state index in [0.717, 1.165) is 66.5 Å². The molecular weight excluding hydrogens is 564 g/mol. The lowest BCUT2D eigenvalue weighted by atomic mass is 10.0. The van der Waals surface area contributed by atoms with E-state index in [0.29, 0.717) is 18.0 Å². The molecule has 0 N–H and O–H groups in total. The number of furan rings is 1. The number of nitrogens with zero attached hydrogens (tertiary/aromatic N) is 2. The summed E-state index contributed by atoms with van der Waals surface area (Å²) in [6.07, 6.45) is 0. The van der Waals surface area contributed by atoms with Crippen molar-refractivity contribution in [2.75, 3.05) is 4.90 Å². The number of anilines is 3. The predicted molar refractivity (Wildman–Crippen MR) is 191 cm³/mol. The van der Waals surface area contributed by atoms with Crippen LogP contribution in [0.5, 0.6) is 5.75 Å². The molecular formula is C42H30N2O2. The van der Waals surface area contributed by atoms with E-state index >= 15 is 0 Å². The molecule has 0 radical (unpaired) electrons. The highest BCUT2D eigenvalue weighted by molar-refractivity contribution is 6.06. The molecule has 0 bridgehead atoms. The van der Waals surface area contributed by atoms with Crippen molar-refractivity contribution in [1.29, 1.82) is 0 Å². The van der Waals surface area contributed by atoms with Crippen LogP contribution < -0.4 is 9.64 Å². The Hall–Kier alpha value is -6.13. The number of para-hydroxylation sites is 1. The second-order valence-corrected chi connectivity index (χ2v) is 11.3. The van der Waals surface area contributed by atoms with Crippen LogP contribution in [0, 0.1) is 0 Å². The monoisotopic (exact) mass is 594 g/mol. The molecule has 1 aromatic heterocycles. The van der Waals surface area contributed by atoms with E-state index < -0.39 is 0 Å². The Kier molecular flexibility index (Phi) is 7.01. The largest absolute Gasteiger partial charge is 0.486 e. The van der Waals surface area contributed by atoms with Crippen molar-refractivity contribution in [3.8, 4) is 16.9 Å². The fourth-order valence-electron chi connectivity index (χ4n) is 6.17. The Balaban J connectivity index is 1.31. The van der Waals surface area contributed by atoms with Gasteiger partial charge in [-0.3, -0.25) is 4.99 Å². The Morgan fingerprint density at radius 1 is 0.543 bits per heavy atom. The van der Waals surface area contributed by atoms with Gasteiger partial charge in [0.25, 0.3) is 0 Å². The van der Waals surface area contributed by atoms with E-state index in [1.54, 1.807) is 0 Å². The van der Waals surface area contributed by atoms with Crippen LogP contribution in [0.2, 0.25) is 0 Å². The molecule has 0 saturated carbocycles. The number of ether oxygens (including phenoxy) is 1. The summed E-state index contributed by atoms with van der Waals surface area (Å²) in [5.74, 6) is 0.712. The van der Waals surface area contributed by atoms with Gasteiger partial charge in [0.1, 0.15) is 23.5 Å². The van der Waals surface area contributed by atoms with E-state index in [1.165, 1.54) is 0 Å². The predicted octanol–water partition coefficient (Wildman–Crippen LogP) is 11.8. The van der Waals surface area contributed by atoms with Crippen molar-refractivity contribution < 1.29 is 9.15 Å².